The fourth-order valence-corrected chi connectivity index (χ4v) is 5.43. The summed E-state index contributed by atoms with van der Waals surface area (Å²) in [5, 5.41) is 1.06. The van der Waals surface area contributed by atoms with E-state index in [1.807, 2.05) is 48.6 Å². The van der Waals surface area contributed by atoms with Crippen LogP contribution in [-0.4, -0.2) is 12.3 Å². The van der Waals surface area contributed by atoms with Crippen LogP contribution in [0.2, 0.25) is 0 Å². The van der Waals surface area contributed by atoms with Gasteiger partial charge in [0.2, 0.25) is 11.4 Å². The number of carbonyl (C=O) groups is 1. The number of hydrogen-bond acceptors (Lipinski definition) is 5. The highest BCUT2D eigenvalue weighted by molar-refractivity contribution is 7.85. The number of fused-ring (bicyclic) bond motifs is 2. The van der Waals surface area contributed by atoms with Gasteiger partial charge in [-0.1, -0.05) is 35.6 Å². The van der Waals surface area contributed by atoms with Crippen LogP contribution < -0.4 is 14.2 Å². The van der Waals surface area contributed by atoms with Crippen molar-refractivity contribution in [3.8, 4) is 5.75 Å². The molecule has 0 unspecified atom stereocenters. The highest BCUT2D eigenvalue weighted by atomic mass is 32.1. The van der Waals surface area contributed by atoms with Crippen LogP contribution in [0.5, 0.6) is 5.75 Å². The van der Waals surface area contributed by atoms with Crippen LogP contribution in [0.15, 0.2) is 76.5 Å². The van der Waals surface area contributed by atoms with E-state index in [9.17, 15) is 4.79 Å². The van der Waals surface area contributed by atoms with Gasteiger partial charge in [0.25, 0.3) is 5.01 Å². The summed E-state index contributed by atoms with van der Waals surface area (Å²) in [6.07, 6.45) is 3.77. The lowest BCUT2D eigenvalue weighted by Gasteiger charge is -2.21. The molecule has 1 aliphatic heterocycles. The van der Waals surface area contributed by atoms with Crippen LogP contribution in [0.4, 0.5) is 5.69 Å². The first kappa shape index (κ1) is 19.2. The van der Waals surface area contributed by atoms with Crippen molar-refractivity contribution in [1.82, 2.24) is 0 Å². The second-order valence-electron chi connectivity index (χ2n) is 7.10. The van der Waals surface area contributed by atoms with Gasteiger partial charge >= 0.3 is 0 Å². The van der Waals surface area contributed by atoms with Gasteiger partial charge in [-0.15, -0.1) is 12.6 Å². The second kappa shape index (κ2) is 7.45. The van der Waals surface area contributed by atoms with Gasteiger partial charge < -0.3 is 9.64 Å². The minimum Gasteiger partial charge on any atom is -0.439 e. The summed E-state index contributed by atoms with van der Waals surface area (Å²) in [7, 11) is 0. The lowest BCUT2D eigenvalue weighted by Crippen LogP contribution is -2.34. The molecule has 5 rings (SSSR count). The number of thiol groups is 1. The molecule has 0 fully saturated rings. The van der Waals surface area contributed by atoms with Gasteiger partial charge in [-0.2, -0.15) is 4.57 Å². The summed E-state index contributed by atoms with van der Waals surface area (Å²) < 4.78 is 9.43. The maximum absolute atomic E-state index is 12.9. The molecule has 0 saturated carbocycles. The molecule has 0 radical (unpaired) electrons. The van der Waals surface area contributed by atoms with E-state index in [0.29, 0.717) is 21.9 Å². The van der Waals surface area contributed by atoms with Crippen LogP contribution in [0.3, 0.4) is 0 Å². The van der Waals surface area contributed by atoms with E-state index in [1.165, 1.54) is 10.2 Å². The zero-order valence-corrected chi connectivity index (χ0v) is 18.5. The third kappa shape index (κ3) is 2.90. The number of para-hydroxylation sites is 3. The molecule has 0 spiro atoms. The molecule has 0 N–H and O–H groups in total. The third-order valence-corrected chi connectivity index (χ3v) is 7.04. The fraction of sp³-hybridized carbons (Fsp3) is 0.167. The number of Topliss-reactive ketones (excluding diaryl/α,β-unsaturated/α-hetero) is 1. The Morgan fingerprint density at radius 2 is 1.87 bits per heavy atom. The number of aromatic nitrogens is 1. The lowest BCUT2D eigenvalue weighted by molar-refractivity contribution is -0.665. The van der Waals surface area contributed by atoms with Gasteiger partial charge in [-0.25, -0.2) is 0 Å². The Morgan fingerprint density at radius 1 is 1.10 bits per heavy atom. The van der Waals surface area contributed by atoms with Gasteiger partial charge in [-0.05, 0) is 32.0 Å². The monoisotopic (exact) mass is 433 g/mol. The molecule has 150 valence electrons. The van der Waals surface area contributed by atoms with E-state index < -0.39 is 0 Å². The Balaban J connectivity index is 1.51. The number of rotatable bonds is 4. The molecule has 3 aromatic rings. The smallest absolute Gasteiger partial charge is 0.263 e. The zero-order valence-electron chi connectivity index (χ0n) is 16.8. The number of thiazole rings is 1. The van der Waals surface area contributed by atoms with Crippen LogP contribution in [-0.2, 0) is 11.3 Å². The molecule has 2 aromatic carbocycles. The number of ketones is 1. The van der Waals surface area contributed by atoms with Crippen LogP contribution in [0.25, 0.3) is 16.3 Å². The first-order chi connectivity index (χ1) is 14.6. The summed E-state index contributed by atoms with van der Waals surface area (Å²) >= 11 is 6.34. The van der Waals surface area contributed by atoms with Crippen LogP contribution in [0, 0.1) is 0 Å². The quantitative estimate of drug-likeness (QED) is 0.352. The summed E-state index contributed by atoms with van der Waals surface area (Å²) in [5.41, 5.74) is 3.45. The van der Waals surface area contributed by atoms with Crippen molar-refractivity contribution in [2.45, 2.75) is 20.4 Å². The van der Waals surface area contributed by atoms with Crippen molar-refractivity contribution >= 4 is 51.7 Å². The number of carbonyl (C=O) groups excluding carboxylic acids is 1. The topological polar surface area (TPSA) is 33.4 Å². The Hall–Kier alpha value is -2.83. The van der Waals surface area contributed by atoms with Crippen molar-refractivity contribution in [1.29, 1.82) is 0 Å². The van der Waals surface area contributed by atoms with Gasteiger partial charge in [0, 0.05) is 40.8 Å². The predicted molar refractivity (Wildman–Crippen MR) is 125 cm³/mol. The first-order valence-corrected chi connectivity index (χ1v) is 11.3. The van der Waals surface area contributed by atoms with Gasteiger partial charge in [0.05, 0.1) is 5.69 Å². The Morgan fingerprint density at radius 3 is 2.63 bits per heavy atom. The molecule has 1 aromatic heterocycles. The van der Waals surface area contributed by atoms with Gasteiger partial charge in [-0.3, -0.25) is 4.79 Å². The van der Waals surface area contributed by atoms with Crippen molar-refractivity contribution in [3.63, 3.8) is 0 Å². The molecule has 2 aliphatic rings. The standard InChI is InChI=1S/C24H20N2O2S2/c1-3-25-17-9-5-7-11-19(17)28-21(25)13-15-23(27)16(24(15)29)14-22-26(4-2)18-10-6-8-12-20(18)30-22/h5-14H,3-4H2,1-2H3/p+1. The highest BCUT2D eigenvalue weighted by Crippen LogP contribution is 2.42. The van der Waals surface area contributed by atoms with E-state index in [-0.39, 0.29) is 5.78 Å². The third-order valence-electron chi connectivity index (χ3n) is 5.44. The number of ether oxygens (including phenoxy) is 1. The zero-order chi connectivity index (χ0) is 20.8. The van der Waals surface area contributed by atoms with Crippen molar-refractivity contribution < 1.29 is 14.1 Å². The largest absolute Gasteiger partial charge is 0.439 e. The molecule has 30 heavy (non-hydrogen) atoms. The van der Waals surface area contributed by atoms with E-state index in [1.54, 1.807) is 11.3 Å². The SMILES string of the molecule is CCN1/C(=C\C2=C(S)C(=C\c3sc4ccccc4[n+]3CC)/C2=O)Oc2ccccc21. The van der Waals surface area contributed by atoms with E-state index in [2.05, 4.69) is 48.1 Å². The fourth-order valence-electron chi connectivity index (χ4n) is 3.93. The number of nitrogens with zero attached hydrogens (tertiary/aromatic N) is 2. The van der Waals surface area contributed by atoms with E-state index >= 15 is 0 Å². The first-order valence-electron chi connectivity index (χ1n) is 9.99. The Bertz CT molecular complexity index is 1280. The molecule has 0 amide bonds. The molecule has 4 nitrogen and oxygen atoms in total. The normalized spacial score (nSPS) is 18.4. The number of anilines is 1. The molecular formula is C24H21N2O2S2+. The molecule has 0 saturated heterocycles. The molecule has 0 bridgehead atoms. The second-order valence-corrected chi connectivity index (χ2v) is 8.61. The van der Waals surface area contributed by atoms with Crippen molar-refractivity contribution in [2.24, 2.45) is 0 Å². The van der Waals surface area contributed by atoms with Crippen LogP contribution >= 0.6 is 24.0 Å². The number of aryl methyl sites for hydroxylation is 1. The maximum atomic E-state index is 12.9. The number of benzene rings is 2. The number of allylic oxidation sites excluding steroid dienone is 3. The van der Waals surface area contributed by atoms with Crippen LogP contribution in [0.1, 0.15) is 18.9 Å². The van der Waals surface area contributed by atoms with E-state index in [0.717, 1.165) is 29.5 Å². The maximum Gasteiger partial charge on any atom is 0.263 e. The van der Waals surface area contributed by atoms with Crippen molar-refractivity contribution in [3.05, 3.63) is 81.5 Å². The minimum atomic E-state index is 0.00298. The summed E-state index contributed by atoms with van der Waals surface area (Å²) in [6, 6.07) is 16.2. The minimum absolute atomic E-state index is 0.00298. The molecule has 2 heterocycles. The number of hydrogen-bond donors (Lipinski definition) is 1. The summed E-state index contributed by atoms with van der Waals surface area (Å²) in [4.78, 5) is 15.7. The van der Waals surface area contributed by atoms with Gasteiger partial charge in [0.15, 0.2) is 11.5 Å². The molecule has 6 heteroatoms. The average molecular weight is 434 g/mol. The predicted octanol–water partition coefficient (Wildman–Crippen LogP) is 5.12. The molecule has 1 aliphatic carbocycles. The summed E-state index contributed by atoms with van der Waals surface area (Å²) in [5.74, 6) is 1.48. The van der Waals surface area contributed by atoms with Gasteiger partial charge in [0.1, 0.15) is 11.2 Å². The van der Waals surface area contributed by atoms with Crippen molar-refractivity contribution in [2.75, 3.05) is 11.4 Å². The Labute approximate surface area is 184 Å². The lowest BCUT2D eigenvalue weighted by atomic mass is 9.89. The Kier molecular flexibility index (Phi) is 4.76. The highest BCUT2D eigenvalue weighted by Gasteiger charge is 2.34. The summed E-state index contributed by atoms with van der Waals surface area (Å²) in [6.45, 7) is 5.78. The molecule has 0 atom stereocenters. The average Bonchev–Trinajstić information content (AvgIpc) is 3.32. The molecular weight excluding hydrogens is 412 g/mol. The van der Waals surface area contributed by atoms with E-state index in [4.69, 9.17) is 4.74 Å².